The molecule has 1 saturated carbocycles. The van der Waals surface area contributed by atoms with Gasteiger partial charge in [0.2, 0.25) is 11.8 Å². The smallest absolute Gasteiger partial charge is 0.246 e. The summed E-state index contributed by atoms with van der Waals surface area (Å²) in [7, 11) is 0. The molecule has 0 bridgehead atoms. The van der Waals surface area contributed by atoms with Crippen LogP contribution in [0.15, 0.2) is 24.3 Å². The van der Waals surface area contributed by atoms with Crippen molar-refractivity contribution >= 4 is 17.5 Å². The van der Waals surface area contributed by atoms with Crippen molar-refractivity contribution in [3.63, 3.8) is 0 Å². The number of nitrogens with one attached hydrogen (secondary N) is 1. The summed E-state index contributed by atoms with van der Waals surface area (Å²) in [4.78, 5) is 26.4. The number of nitrogens with zero attached hydrogens (tertiary/aromatic N) is 1. The van der Waals surface area contributed by atoms with E-state index in [1.165, 1.54) is 5.56 Å². The summed E-state index contributed by atoms with van der Waals surface area (Å²) in [5.74, 6) is -0.259. The summed E-state index contributed by atoms with van der Waals surface area (Å²) in [5.41, 5.74) is 7.49. The second-order valence-electron chi connectivity index (χ2n) is 6.32. The molecule has 5 nitrogen and oxygen atoms in total. The molecular formula is C17H23N3O2. The molecule has 2 amide bonds. The van der Waals surface area contributed by atoms with Crippen molar-refractivity contribution in [2.45, 2.75) is 44.1 Å². The summed E-state index contributed by atoms with van der Waals surface area (Å²) < 4.78 is 0. The summed E-state index contributed by atoms with van der Waals surface area (Å²) in [6.07, 6.45) is 5.34. The second kappa shape index (κ2) is 6.08. The minimum atomic E-state index is -0.778. The summed E-state index contributed by atoms with van der Waals surface area (Å²) in [6, 6.07) is 7.96. The molecule has 0 unspecified atom stereocenters. The van der Waals surface area contributed by atoms with Crippen molar-refractivity contribution in [1.82, 2.24) is 5.32 Å². The van der Waals surface area contributed by atoms with Crippen LogP contribution in [0.3, 0.4) is 0 Å². The number of benzene rings is 1. The molecular weight excluding hydrogens is 278 g/mol. The highest BCUT2D eigenvalue weighted by molar-refractivity contribution is 5.98. The Bertz CT molecular complexity index is 579. The molecule has 0 radical (unpaired) electrons. The van der Waals surface area contributed by atoms with Gasteiger partial charge in [0.25, 0.3) is 0 Å². The summed E-state index contributed by atoms with van der Waals surface area (Å²) in [5, 5.41) is 2.74. The highest BCUT2D eigenvalue weighted by atomic mass is 16.2. The number of hydrogen-bond donors (Lipinski definition) is 2. The molecule has 118 valence electrons. The van der Waals surface area contributed by atoms with Crippen LogP contribution >= 0.6 is 0 Å². The lowest BCUT2D eigenvalue weighted by molar-refractivity contribution is -0.128. The van der Waals surface area contributed by atoms with Gasteiger partial charge in [-0.1, -0.05) is 31.0 Å². The monoisotopic (exact) mass is 301 g/mol. The predicted molar refractivity (Wildman–Crippen MR) is 85.5 cm³/mol. The molecule has 5 heteroatoms. The largest absolute Gasteiger partial charge is 0.345 e. The first kappa shape index (κ1) is 15.0. The predicted octanol–water partition coefficient (Wildman–Crippen LogP) is 1.35. The van der Waals surface area contributed by atoms with E-state index in [4.69, 9.17) is 5.73 Å². The number of rotatable bonds is 3. The van der Waals surface area contributed by atoms with Gasteiger partial charge < -0.3 is 16.0 Å². The number of amides is 2. The maximum Gasteiger partial charge on any atom is 0.246 e. The third-order valence-electron chi connectivity index (χ3n) is 4.76. The molecule has 1 aliphatic heterocycles. The number of para-hydroxylation sites is 1. The fourth-order valence-electron chi connectivity index (χ4n) is 3.45. The van der Waals surface area contributed by atoms with E-state index in [1.807, 2.05) is 18.2 Å². The summed E-state index contributed by atoms with van der Waals surface area (Å²) >= 11 is 0. The Morgan fingerprint density at radius 2 is 1.91 bits per heavy atom. The van der Waals surface area contributed by atoms with E-state index in [0.717, 1.165) is 31.4 Å². The van der Waals surface area contributed by atoms with Gasteiger partial charge in [-0.05, 0) is 37.3 Å². The van der Waals surface area contributed by atoms with Crippen molar-refractivity contribution < 1.29 is 9.59 Å². The first-order valence-electron chi connectivity index (χ1n) is 8.06. The Labute approximate surface area is 130 Å². The Morgan fingerprint density at radius 1 is 1.18 bits per heavy atom. The first-order valence-corrected chi connectivity index (χ1v) is 8.06. The Morgan fingerprint density at radius 3 is 2.68 bits per heavy atom. The Balaban J connectivity index is 1.62. The average molecular weight is 301 g/mol. The topological polar surface area (TPSA) is 75.4 Å². The van der Waals surface area contributed by atoms with Crippen LogP contribution < -0.4 is 16.0 Å². The SMILES string of the molecule is NC1(C(=O)NCC(=O)N2CCCc3ccccc32)CCCC1. The molecule has 0 atom stereocenters. The lowest BCUT2D eigenvalue weighted by Crippen LogP contribution is -2.54. The van der Waals surface area contributed by atoms with Crippen LogP contribution in [-0.2, 0) is 16.0 Å². The quantitative estimate of drug-likeness (QED) is 0.885. The number of carbonyl (C=O) groups excluding carboxylic acids is 2. The van der Waals surface area contributed by atoms with Gasteiger partial charge in [0.1, 0.15) is 0 Å². The van der Waals surface area contributed by atoms with Gasteiger partial charge in [-0.15, -0.1) is 0 Å². The number of carbonyl (C=O) groups is 2. The molecule has 0 aromatic heterocycles. The zero-order valence-electron chi connectivity index (χ0n) is 12.8. The van der Waals surface area contributed by atoms with Crippen LogP contribution in [0, 0.1) is 0 Å². The molecule has 0 spiro atoms. The van der Waals surface area contributed by atoms with Gasteiger partial charge in [0, 0.05) is 12.2 Å². The van der Waals surface area contributed by atoms with Crippen LogP contribution in [0.1, 0.15) is 37.7 Å². The Hall–Kier alpha value is -1.88. The van der Waals surface area contributed by atoms with Gasteiger partial charge in [-0.3, -0.25) is 9.59 Å². The fraction of sp³-hybridized carbons (Fsp3) is 0.529. The molecule has 1 heterocycles. The van der Waals surface area contributed by atoms with E-state index < -0.39 is 5.54 Å². The van der Waals surface area contributed by atoms with Gasteiger partial charge in [-0.25, -0.2) is 0 Å². The van der Waals surface area contributed by atoms with E-state index in [9.17, 15) is 9.59 Å². The third kappa shape index (κ3) is 2.86. The van der Waals surface area contributed by atoms with Crippen molar-refractivity contribution in [3.8, 4) is 0 Å². The molecule has 1 aliphatic carbocycles. The number of nitrogens with two attached hydrogens (primary N) is 1. The number of anilines is 1. The minimum Gasteiger partial charge on any atom is -0.345 e. The standard InChI is InChI=1S/C17H23N3O2/c18-17(9-3-4-10-17)16(22)19-12-15(21)20-11-5-7-13-6-1-2-8-14(13)20/h1-2,6,8H,3-5,7,9-12,18H2,(H,19,22). The highest BCUT2D eigenvalue weighted by Gasteiger charge is 2.37. The van der Waals surface area contributed by atoms with Gasteiger partial charge in [0.15, 0.2) is 0 Å². The normalized spacial score (nSPS) is 19.6. The summed E-state index contributed by atoms with van der Waals surface area (Å²) in [6.45, 7) is 0.728. The van der Waals surface area contributed by atoms with Gasteiger partial charge in [-0.2, -0.15) is 0 Å². The van der Waals surface area contributed by atoms with E-state index in [1.54, 1.807) is 4.90 Å². The van der Waals surface area contributed by atoms with Crippen LogP contribution in [0.25, 0.3) is 0 Å². The zero-order valence-corrected chi connectivity index (χ0v) is 12.8. The van der Waals surface area contributed by atoms with Crippen LogP contribution in [0.2, 0.25) is 0 Å². The lowest BCUT2D eigenvalue weighted by atomic mass is 9.98. The number of hydrogen-bond acceptors (Lipinski definition) is 3. The number of aryl methyl sites for hydroxylation is 1. The third-order valence-corrected chi connectivity index (χ3v) is 4.76. The van der Waals surface area contributed by atoms with Crippen molar-refractivity contribution in [3.05, 3.63) is 29.8 Å². The highest BCUT2D eigenvalue weighted by Crippen LogP contribution is 2.28. The first-order chi connectivity index (χ1) is 10.6. The van der Waals surface area contributed by atoms with E-state index in [0.29, 0.717) is 19.4 Å². The van der Waals surface area contributed by atoms with Crippen LogP contribution in [-0.4, -0.2) is 30.4 Å². The maximum atomic E-state index is 12.5. The van der Waals surface area contributed by atoms with Crippen molar-refractivity contribution in [2.75, 3.05) is 18.0 Å². The average Bonchev–Trinajstić information content (AvgIpc) is 2.99. The molecule has 3 rings (SSSR count). The second-order valence-corrected chi connectivity index (χ2v) is 6.32. The Kier molecular flexibility index (Phi) is 4.16. The number of fused-ring (bicyclic) bond motifs is 1. The fourth-order valence-corrected chi connectivity index (χ4v) is 3.45. The molecule has 1 aromatic rings. The lowest BCUT2D eigenvalue weighted by Gasteiger charge is -2.30. The van der Waals surface area contributed by atoms with Crippen LogP contribution in [0.5, 0.6) is 0 Å². The van der Waals surface area contributed by atoms with Gasteiger partial charge >= 0.3 is 0 Å². The minimum absolute atomic E-state index is 0.0200. The van der Waals surface area contributed by atoms with E-state index >= 15 is 0 Å². The zero-order chi connectivity index (χ0) is 15.6. The van der Waals surface area contributed by atoms with E-state index in [2.05, 4.69) is 11.4 Å². The molecule has 3 N–H and O–H groups in total. The molecule has 1 aromatic carbocycles. The van der Waals surface area contributed by atoms with Crippen molar-refractivity contribution in [2.24, 2.45) is 5.73 Å². The van der Waals surface area contributed by atoms with Crippen molar-refractivity contribution in [1.29, 1.82) is 0 Å². The molecule has 0 saturated heterocycles. The molecule has 2 aliphatic rings. The van der Waals surface area contributed by atoms with Gasteiger partial charge in [0.05, 0.1) is 12.1 Å². The molecule has 1 fully saturated rings. The van der Waals surface area contributed by atoms with E-state index in [-0.39, 0.29) is 18.4 Å². The molecule has 22 heavy (non-hydrogen) atoms. The van der Waals surface area contributed by atoms with Crippen LogP contribution in [0.4, 0.5) is 5.69 Å². The maximum absolute atomic E-state index is 12.5.